The molecule has 0 amide bonds. The van der Waals surface area contributed by atoms with Gasteiger partial charge in [0.15, 0.2) is 5.82 Å². The number of nitrogens with one attached hydrogen (secondary N) is 2. The average Bonchev–Trinajstić information content (AvgIpc) is 2.41. The molecule has 1 heterocycles. The summed E-state index contributed by atoms with van der Waals surface area (Å²) in [5.74, 6) is -0.152. The van der Waals surface area contributed by atoms with Gasteiger partial charge in [-0.2, -0.15) is 5.10 Å². The summed E-state index contributed by atoms with van der Waals surface area (Å²) in [7, 11) is -4.18. The highest BCUT2D eigenvalue weighted by molar-refractivity contribution is 7.92. The number of nitrogens with zero attached hydrogens (tertiary/aromatic N) is 2. The fraction of sp³-hybridized carbons (Fsp3) is 0. The Morgan fingerprint density at radius 1 is 1.29 bits per heavy atom. The first-order valence-electron chi connectivity index (χ1n) is 5.42. The van der Waals surface area contributed by atoms with E-state index in [1.807, 2.05) is 5.10 Å². The number of non-ortho nitro benzene ring substituents is 1. The van der Waals surface area contributed by atoms with Crippen LogP contribution in [0.3, 0.4) is 0 Å². The molecule has 2 rings (SSSR count). The first-order valence-corrected chi connectivity index (χ1v) is 6.90. The van der Waals surface area contributed by atoms with E-state index in [-0.39, 0.29) is 11.5 Å². The zero-order valence-corrected chi connectivity index (χ0v) is 11.1. The van der Waals surface area contributed by atoms with E-state index in [4.69, 9.17) is 5.73 Å². The largest absolute Gasteiger partial charge is 0.398 e. The van der Waals surface area contributed by atoms with Gasteiger partial charge in [-0.15, -0.1) is 0 Å². The number of nitro benzene ring substituents is 1. The van der Waals surface area contributed by atoms with Crippen LogP contribution in [0, 0.1) is 10.1 Å². The van der Waals surface area contributed by atoms with E-state index in [1.54, 1.807) is 0 Å². The topological polar surface area (TPSA) is 161 Å². The Hall–Kier alpha value is -2.95. The molecule has 110 valence electrons. The molecule has 0 atom stereocenters. The molecule has 2 aromatic rings. The van der Waals surface area contributed by atoms with Crippen LogP contribution < -0.4 is 16.0 Å². The smallest absolute Gasteiger partial charge is 0.270 e. The van der Waals surface area contributed by atoms with Crippen LogP contribution in [0.15, 0.2) is 40.0 Å². The maximum absolute atomic E-state index is 12.1. The van der Waals surface area contributed by atoms with Gasteiger partial charge in [-0.3, -0.25) is 19.6 Å². The molecule has 0 unspecified atom stereocenters. The number of rotatable bonds is 4. The van der Waals surface area contributed by atoms with E-state index in [0.29, 0.717) is 0 Å². The highest BCUT2D eigenvalue weighted by Gasteiger charge is 2.21. The molecule has 0 aliphatic carbocycles. The lowest BCUT2D eigenvalue weighted by atomic mass is 10.3. The number of aromatic nitrogens is 2. The minimum atomic E-state index is -4.18. The third-order valence-corrected chi connectivity index (χ3v) is 3.83. The number of hydrogen-bond acceptors (Lipinski definition) is 7. The highest BCUT2D eigenvalue weighted by atomic mass is 32.2. The van der Waals surface area contributed by atoms with Crippen molar-refractivity contribution in [3.63, 3.8) is 0 Å². The Labute approximate surface area is 117 Å². The fourth-order valence-electron chi connectivity index (χ4n) is 1.46. The normalized spacial score (nSPS) is 11.0. The highest BCUT2D eigenvalue weighted by Crippen LogP contribution is 2.25. The molecule has 1 aromatic carbocycles. The SMILES string of the molecule is Nc1ccc([N+](=O)[O-])cc1S(=O)(=O)Nc1ccc(=O)[nH]n1. The van der Waals surface area contributed by atoms with Crippen LogP contribution in [-0.2, 0) is 10.0 Å². The minimum absolute atomic E-state index is 0.152. The quantitative estimate of drug-likeness (QED) is 0.408. The molecule has 4 N–H and O–H groups in total. The van der Waals surface area contributed by atoms with Gasteiger partial charge in [-0.25, -0.2) is 13.5 Å². The second-order valence-electron chi connectivity index (χ2n) is 3.89. The van der Waals surface area contributed by atoms with Crippen LogP contribution in [0.25, 0.3) is 0 Å². The summed E-state index contributed by atoms with van der Waals surface area (Å²) >= 11 is 0. The molecular weight excluding hydrogens is 302 g/mol. The van der Waals surface area contributed by atoms with Gasteiger partial charge >= 0.3 is 0 Å². The van der Waals surface area contributed by atoms with Crippen molar-refractivity contribution in [1.82, 2.24) is 10.2 Å². The lowest BCUT2D eigenvalue weighted by Gasteiger charge is -2.08. The molecular formula is C10H9N5O5S. The number of sulfonamides is 1. The van der Waals surface area contributed by atoms with Crippen molar-refractivity contribution in [3.8, 4) is 0 Å². The maximum atomic E-state index is 12.1. The number of benzene rings is 1. The van der Waals surface area contributed by atoms with E-state index in [2.05, 4.69) is 9.82 Å². The molecule has 0 bridgehead atoms. The van der Waals surface area contributed by atoms with E-state index in [9.17, 15) is 23.3 Å². The lowest BCUT2D eigenvalue weighted by Crippen LogP contribution is -2.17. The zero-order chi connectivity index (χ0) is 15.6. The van der Waals surface area contributed by atoms with Gasteiger partial charge in [0.25, 0.3) is 21.3 Å². The van der Waals surface area contributed by atoms with E-state index in [1.165, 1.54) is 0 Å². The van der Waals surface area contributed by atoms with Crippen molar-refractivity contribution in [2.45, 2.75) is 4.90 Å². The van der Waals surface area contributed by atoms with Crippen LogP contribution in [0.1, 0.15) is 0 Å². The Morgan fingerprint density at radius 2 is 2.00 bits per heavy atom. The summed E-state index contributed by atoms with van der Waals surface area (Å²) in [6.45, 7) is 0. The van der Waals surface area contributed by atoms with Gasteiger partial charge in [-0.1, -0.05) is 0 Å². The molecule has 0 spiro atoms. The van der Waals surface area contributed by atoms with Crippen LogP contribution in [0.2, 0.25) is 0 Å². The monoisotopic (exact) mass is 311 g/mol. The number of nitro groups is 1. The third-order valence-electron chi connectivity index (χ3n) is 2.42. The number of hydrogen-bond donors (Lipinski definition) is 3. The maximum Gasteiger partial charge on any atom is 0.270 e. The van der Waals surface area contributed by atoms with Gasteiger partial charge in [-0.05, 0) is 12.1 Å². The van der Waals surface area contributed by atoms with E-state index < -0.39 is 31.1 Å². The van der Waals surface area contributed by atoms with Crippen LogP contribution in [0.5, 0.6) is 0 Å². The Balaban J connectivity index is 2.44. The van der Waals surface area contributed by atoms with Crippen LogP contribution in [0.4, 0.5) is 17.2 Å². The van der Waals surface area contributed by atoms with Crippen LogP contribution >= 0.6 is 0 Å². The molecule has 11 heteroatoms. The predicted molar refractivity (Wildman–Crippen MR) is 73.2 cm³/mol. The number of H-pyrrole nitrogens is 1. The second kappa shape index (κ2) is 5.20. The molecule has 0 radical (unpaired) electrons. The Bertz CT molecular complexity index is 840. The summed E-state index contributed by atoms with van der Waals surface area (Å²) in [4.78, 5) is 20.3. The molecule has 0 aliphatic rings. The van der Waals surface area contributed by atoms with Crippen molar-refractivity contribution < 1.29 is 13.3 Å². The van der Waals surface area contributed by atoms with E-state index in [0.717, 1.165) is 30.3 Å². The predicted octanol–water partition coefficient (Wildman–Crippen LogP) is 0.0611. The van der Waals surface area contributed by atoms with Crippen molar-refractivity contribution in [2.75, 3.05) is 10.5 Å². The molecule has 0 saturated carbocycles. The average molecular weight is 311 g/mol. The molecule has 0 aliphatic heterocycles. The fourth-order valence-corrected chi connectivity index (χ4v) is 2.62. The van der Waals surface area contributed by atoms with Crippen LogP contribution in [-0.4, -0.2) is 23.5 Å². The van der Waals surface area contributed by atoms with Crippen molar-refractivity contribution in [1.29, 1.82) is 0 Å². The summed E-state index contributed by atoms with van der Waals surface area (Å²) in [6.07, 6.45) is 0. The molecule has 21 heavy (non-hydrogen) atoms. The van der Waals surface area contributed by atoms with Crippen molar-refractivity contribution >= 4 is 27.2 Å². The lowest BCUT2D eigenvalue weighted by molar-refractivity contribution is -0.385. The number of aromatic amines is 1. The van der Waals surface area contributed by atoms with E-state index >= 15 is 0 Å². The summed E-state index contributed by atoms with van der Waals surface area (Å²) in [6, 6.07) is 5.26. The van der Waals surface area contributed by atoms with Gasteiger partial charge in [0.2, 0.25) is 0 Å². The summed E-state index contributed by atoms with van der Waals surface area (Å²) in [5, 5.41) is 16.2. The standard InChI is InChI=1S/C10H9N5O5S/c11-7-2-1-6(15(17)18)5-8(7)21(19,20)14-9-3-4-10(16)13-12-9/h1-5H,11H2,(H,12,14)(H,13,16). The second-order valence-corrected chi connectivity index (χ2v) is 5.54. The molecule has 10 nitrogen and oxygen atoms in total. The van der Waals surface area contributed by atoms with Crippen molar-refractivity contribution in [3.05, 3.63) is 50.8 Å². The molecule has 1 aromatic heterocycles. The minimum Gasteiger partial charge on any atom is -0.398 e. The first kappa shape index (κ1) is 14.5. The first-order chi connectivity index (χ1) is 9.79. The summed E-state index contributed by atoms with van der Waals surface area (Å²) in [5.41, 5.74) is 4.45. The molecule has 0 saturated heterocycles. The number of nitrogen functional groups attached to an aromatic ring is 1. The number of anilines is 2. The van der Waals surface area contributed by atoms with Crippen molar-refractivity contribution in [2.24, 2.45) is 0 Å². The Kier molecular flexibility index (Phi) is 3.58. The van der Waals surface area contributed by atoms with Gasteiger partial charge in [0.05, 0.1) is 10.6 Å². The zero-order valence-electron chi connectivity index (χ0n) is 10.3. The molecule has 0 fully saturated rings. The Morgan fingerprint density at radius 3 is 2.57 bits per heavy atom. The van der Waals surface area contributed by atoms with Gasteiger partial charge in [0.1, 0.15) is 4.90 Å². The van der Waals surface area contributed by atoms with Gasteiger partial charge in [0, 0.05) is 18.2 Å². The number of nitrogens with two attached hydrogens (primary N) is 1. The van der Waals surface area contributed by atoms with Gasteiger partial charge < -0.3 is 5.73 Å². The summed E-state index contributed by atoms with van der Waals surface area (Å²) < 4.78 is 26.3. The third kappa shape index (κ3) is 3.14.